The first kappa shape index (κ1) is 7.82. The number of rotatable bonds is 0. The third kappa shape index (κ3) is 1.01. The number of hydrogen-bond acceptors (Lipinski definition) is 2. The molecule has 0 bridgehead atoms. The Bertz CT molecular complexity index is 248. The molecule has 0 aliphatic heterocycles. The molecule has 1 aliphatic carbocycles. The molecule has 0 spiro atoms. The highest BCUT2D eigenvalue weighted by Crippen LogP contribution is 2.41. The van der Waals surface area contributed by atoms with Gasteiger partial charge >= 0.3 is 0 Å². The molecule has 0 aromatic carbocycles. The van der Waals surface area contributed by atoms with E-state index in [1.165, 1.54) is 0 Å². The maximum absolute atomic E-state index is 8.80. The third-order valence-corrected chi connectivity index (χ3v) is 2.28. The highest BCUT2D eigenvalue weighted by Gasteiger charge is 2.38. The van der Waals surface area contributed by atoms with Crippen LogP contribution in [0.2, 0.25) is 0 Å². The second-order valence-electron chi connectivity index (χ2n) is 2.80. The van der Waals surface area contributed by atoms with Gasteiger partial charge in [0.15, 0.2) is 5.41 Å². The molecule has 0 saturated heterocycles. The van der Waals surface area contributed by atoms with Crippen molar-refractivity contribution in [3.8, 4) is 12.1 Å². The molecular weight excluding hydrogens is 136 g/mol. The molecule has 56 valence electrons. The fourth-order valence-electron chi connectivity index (χ4n) is 1.59. The second kappa shape index (κ2) is 2.76. The summed E-state index contributed by atoms with van der Waals surface area (Å²) in [6, 6.07) is 4.20. The molecule has 1 aliphatic rings. The monoisotopic (exact) mass is 146 g/mol. The SMILES string of the molecule is C/C=C1/CCCC1(C#N)C#N. The quantitative estimate of drug-likeness (QED) is 0.491. The summed E-state index contributed by atoms with van der Waals surface area (Å²) in [4.78, 5) is 0. The Kier molecular flexibility index (Phi) is 1.96. The maximum Gasteiger partial charge on any atom is 0.164 e. The molecule has 0 aromatic rings. The Morgan fingerprint density at radius 2 is 2.09 bits per heavy atom. The van der Waals surface area contributed by atoms with Crippen LogP contribution in [0.25, 0.3) is 0 Å². The van der Waals surface area contributed by atoms with Gasteiger partial charge in [-0.05, 0) is 31.8 Å². The van der Waals surface area contributed by atoms with Crippen molar-refractivity contribution in [3.05, 3.63) is 11.6 Å². The van der Waals surface area contributed by atoms with Crippen LogP contribution in [0.15, 0.2) is 11.6 Å². The van der Waals surface area contributed by atoms with Crippen LogP contribution in [0.5, 0.6) is 0 Å². The van der Waals surface area contributed by atoms with E-state index in [2.05, 4.69) is 12.1 Å². The van der Waals surface area contributed by atoms with Gasteiger partial charge in [0.2, 0.25) is 0 Å². The van der Waals surface area contributed by atoms with Crippen LogP contribution in [0.1, 0.15) is 26.2 Å². The van der Waals surface area contributed by atoms with E-state index in [0.29, 0.717) is 6.42 Å². The van der Waals surface area contributed by atoms with Crippen LogP contribution in [0.4, 0.5) is 0 Å². The average molecular weight is 146 g/mol. The van der Waals surface area contributed by atoms with Crippen LogP contribution < -0.4 is 0 Å². The molecule has 1 fully saturated rings. The van der Waals surface area contributed by atoms with E-state index in [9.17, 15) is 0 Å². The van der Waals surface area contributed by atoms with Crippen molar-refractivity contribution >= 4 is 0 Å². The normalized spacial score (nSPS) is 24.5. The smallest absolute Gasteiger partial charge is 0.164 e. The van der Waals surface area contributed by atoms with E-state index in [1.54, 1.807) is 0 Å². The number of allylic oxidation sites excluding steroid dienone is 2. The lowest BCUT2D eigenvalue weighted by atomic mass is 9.85. The lowest BCUT2D eigenvalue weighted by Crippen LogP contribution is -2.12. The Balaban J connectivity index is 3.05. The molecule has 1 rings (SSSR count). The summed E-state index contributed by atoms with van der Waals surface area (Å²) in [6.45, 7) is 1.89. The fraction of sp³-hybridized carbons (Fsp3) is 0.556. The second-order valence-corrected chi connectivity index (χ2v) is 2.80. The Labute approximate surface area is 66.7 Å². The molecule has 2 nitrogen and oxygen atoms in total. The third-order valence-electron chi connectivity index (χ3n) is 2.28. The summed E-state index contributed by atoms with van der Waals surface area (Å²) in [5, 5.41) is 17.6. The molecular formula is C9H10N2. The van der Waals surface area contributed by atoms with Gasteiger partial charge in [0.25, 0.3) is 0 Å². The van der Waals surface area contributed by atoms with E-state index in [-0.39, 0.29) is 0 Å². The largest absolute Gasteiger partial charge is 0.196 e. The van der Waals surface area contributed by atoms with Crippen molar-refractivity contribution in [2.75, 3.05) is 0 Å². The lowest BCUT2D eigenvalue weighted by molar-refractivity contribution is 0.633. The molecule has 0 aromatic heterocycles. The summed E-state index contributed by atoms with van der Waals surface area (Å²) in [7, 11) is 0. The van der Waals surface area contributed by atoms with Gasteiger partial charge in [0.05, 0.1) is 12.1 Å². The van der Waals surface area contributed by atoms with Crippen molar-refractivity contribution in [1.82, 2.24) is 0 Å². The van der Waals surface area contributed by atoms with Gasteiger partial charge in [-0.2, -0.15) is 10.5 Å². The first-order valence-corrected chi connectivity index (χ1v) is 3.77. The maximum atomic E-state index is 8.80. The molecule has 0 heterocycles. The highest BCUT2D eigenvalue weighted by atomic mass is 14.5. The number of nitrogens with zero attached hydrogens (tertiary/aromatic N) is 2. The summed E-state index contributed by atoms with van der Waals surface area (Å²) >= 11 is 0. The number of hydrogen-bond donors (Lipinski definition) is 0. The van der Waals surface area contributed by atoms with Gasteiger partial charge in [-0.25, -0.2) is 0 Å². The first-order valence-electron chi connectivity index (χ1n) is 3.77. The molecule has 0 atom stereocenters. The van der Waals surface area contributed by atoms with Gasteiger partial charge in [0.1, 0.15) is 0 Å². The minimum absolute atomic E-state index is 0.708. The van der Waals surface area contributed by atoms with Crippen LogP contribution in [0.3, 0.4) is 0 Å². The summed E-state index contributed by atoms with van der Waals surface area (Å²) in [5.74, 6) is 0. The van der Waals surface area contributed by atoms with E-state index in [0.717, 1.165) is 18.4 Å². The minimum atomic E-state index is -0.783. The van der Waals surface area contributed by atoms with Gasteiger partial charge in [-0.15, -0.1) is 0 Å². The van der Waals surface area contributed by atoms with Crippen LogP contribution in [0, 0.1) is 28.1 Å². The minimum Gasteiger partial charge on any atom is -0.196 e. The van der Waals surface area contributed by atoms with Crippen LogP contribution >= 0.6 is 0 Å². The Hall–Kier alpha value is -1.28. The van der Waals surface area contributed by atoms with E-state index < -0.39 is 5.41 Å². The van der Waals surface area contributed by atoms with E-state index in [4.69, 9.17) is 10.5 Å². The zero-order valence-electron chi connectivity index (χ0n) is 6.59. The van der Waals surface area contributed by atoms with Gasteiger partial charge in [0, 0.05) is 0 Å². The predicted molar refractivity (Wildman–Crippen MR) is 41.3 cm³/mol. The first-order chi connectivity index (χ1) is 5.29. The average Bonchev–Trinajstić information content (AvgIpc) is 2.47. The molecule has 0 N–H and O–H groups in total. The molecule has 11 heavy (non-hydrogen) atoms. The zero-order chi connectivity index (χ0) is 8.32. The van der Waals surface area contributed by atoms with Crippen LogP contribution in [-0.2, 0) is 0 Å². The summed E-state index contributed by atoms with van der Waals surface area (Å²) < 4.78 is 0. The molecule has 1 saturated carbocycles. The van der Waals surface area contributed by atoms with Crippen LogP contribution in [-0.4, -0.2) is 0 Å². The van der Waals surface area contributed by atoms with Gasteiger partial charge in [-0.1, -0.05) is 6.08 Å². The van der Waals surface area contributed by atoms with Crippen molar-refractivity contribution in [2.45, 2.75) is 26.2 Å². The highest BCUT2D eigenvalue weighted by molar-refractivity contribution is 5.35. The number of nitriles is 2. The Morgan fingerprint density at radius 3 is 2.45 bits per heavy atom. The van der Waals surface area contributed by atoms with E-state index >= 15 is 0 Å². The predicted octanol–water partition coefficient (Wildman–Crippen LogP) is 2.15. The molecule has 0 unspecified atom stereocenters. The van der Waals surface area contributed by atoms with Crippen molar-refractivity contribution in [1.29, 1.82) is 10.5 Å². The zero-order valence-corrected chi connectivity index (χ0v) is 6.59. The van der Waals surface area contributed by atoms with E-state index in [1.807, 2.05) is 13.0 Å². The van der Waals surface area contributed by atoms with Gasteiger partial charge < -0.3 is 0 Å². The lowest BCUT2D eigenvalue weighted by Gasteiger charge is -2.11. The topological polar surface area (TPSA) is 47.6 Å². The standard InChI is InChI=1S/C9H10N2/c1-2-8-4-3-5-9(8,6-10)7-11/h2H,3-5H2,1H3/b8-2-. The molecule has 2 heteroatoms. The summed E-state index contributed by atoms with van der Waals surface area (Å²) in [5.41, 5.74) is 0.219. The van der Waals surface area contributed by atoms with Gasteiger partial charge in [-0.3, -0.25) is 0 Å². The fourth-order valence-corrected chi connectivity index (χ4v) is 1.59. The van der Waals surface area contributed by atoms with Crippen molar-refractivity contribution in [3.63, 3.8) is 0 Å². The summed E-state index contributed by atoms with van der Waals surface area (Å²) in [6.07, 6.45) is 4.50. The van der Waals surface area contributed by atoms with Crippen molar-refractivity contribution < 1.29 is 0 Å². The van der Waals surface area contributed by atoms with Crippen molar-refractivity contribution in [2.24, 2.45) is 5.41 Å². The molecule has 0 radical (unpaired) electrons. The molecule has 0 amide bonds. The Morgan fingerprint density at radius 1 is 1.45 bits per heavy atom.